The summed E-state index contributed by atoms with van der Waals surface area (Å²) in [7, 11) is 0. The van der Waals surface area contributed by atoms with Gasteiger partial charge in [-0.1, -0.05) is 37.3 Å². The van der Waals surface area contributed by atoms with Crippen LogP contribution in [0.1, 0.15) is 35.2 Å². The quantitative estimate of drug-likeness (QED) is 0.669. The average Bonchev–Trinajstić information content (AvgIpc) is 2.44. The maximum Gasteiger partial charge on any atom is 0.170 e. The third-order valence-corrected chi connectivity index (χ3v) is 3.21. The van der Waals surface area contributed by atoms with Gasteiger partial charge in [0.1, 0.15) is 5.82 Å². The maximum atomic E-state index is 13.4. The molecule has 0 aliphatic rings. The number of carbonyl (C=O) groups is 1. The van der Waals surface area contributed by atoms with E-state index in [0.717, 1.165) is 5.56 Å². The van der Waals surface area contributed by atoms with Crippen molar-refractivity contribution in [3.8, 4) is 0 Å². The SMILES string of the molecule is CCC(C(=O)c1ccc(N)c(F)c1)c1ccccc1. The van der Waals surface area contributed by atoms with Crippen molar-refractivity contribution in [1.29, 1.82) is 0 Å². The molecule has 2 aromatic rings. The van der Waals surface area contributed by atoms with E-state index in [1.54, 1.807) is 6.07 Å². The number of nitrogen functional groups attached to an aromatic ring is 1. The minimum absolute atomic E-state index is 0.0595. The number of Topliss-reactive ketones (excluding diaryl/α,β-unsaturated/α-hetero) is 1. The first-order valence-corrected chi connectivity index (χ1v) is 6.27. The van der Waals surface area contributed by atoms with Gasteiger partial charge in [0.15, 0.2) is 5.78 Å². The number of benzene rings is 2. The molecule has 0 saturated carbocycles. The van der Waals surface area contributed by atoms with Crippen LogP contribution in [0, 0.1) is 5.82 Å². The number of nitrogens with two attached hydrogens (primary N) is 1. The van der Waals surface area contributed by atoms with Crippen LogP contribution in [0.3, 0.4) is 0 Å². The van der Waals surface area contributed by atoms with Crippen LogP contribution in [-0.4, -0.2) is 5.78 Å². The van der Waals surface area contributed by atoms with Crippen LogP contribution in [0.25, 0.3) is 0 Å². The van der Waals surface area contributed by atoms with Gasteiger partial charge in [-0.25, -0.2) is 4.39 Å². The van der Waals surface area contributed by atoms with E-state index in [2.05, 4.69) is 0 Å². The molecule has 0 radical (unpaired) electrons. The Morgan fingerprint density at radius 1 is 1.21 bits per heavy atom. The summed E-state index contributed by atoms with van der Waals surface area (Å²) in [6.45, 7) is 1.95. The van der Waals surface area contributed by atoms with Crippen LogP contribution in [0.15, 0.2) is 48.5 Å². The molecule has 2 rings (SSSR count). The molecule has 0 saturated heterocycles. The van der Waals surface area contributed by atoms with Gasteiger partial charge in [0.25, 0.3) is 0 Å². The van der Waals surface area contributed by atoms with Crippen molar-refractivity contribution in [2.45, 2.75) is 19.3 Å². The normalized spacial score (nSPS) is 12.1. The molecule has 0 aliphatic heterocycles. The Hall–Kier alpha value is -2.16. The van der Waals surface area contributed by atoms with Crippen molar-refractivity contribution in [3.05, 3.63) is 65.5 Å². The van der Waals surface area contributed by atoms with Gasteiger partial charge in [0.2, 0.25) is 0 Å². The van der Waals surface area contributed by atoms with Gasteiger partial charge < -0.3 is 5.73 Å². The summed E-state index contributed by atoms with van der Waals surface area (Å²) in [5.74, 6) is -0.870. The Morgan fingerprint density at radius 2 is 1.89 bits per heavy atom. The highest BCUT2D eigenvalue weighted by Crippen LogP contribution is 2.25. The number of halogens is 1. The highest BCUT2D eigenvalue weighted by atomic mass is 19.1. The fourth-order valence-electron chi connectivity index (χ4n) is 2.14. The molecule has 1 atom stereocenters. The van der Waals surface area contributed by atoms with Crippen molar-refractivity contribution in [1.82, 2.24) is 0 Å². The molecular formula is C16H16FNO. The molecule has 2 aromatic carbocycles. The molecule has 0 spiro atoms. The van der Waals surface area contributed by atoms with Gasteiger partial charge in [0, 0.05) is 11.5 Å². The summed E-state index contributed by atoms with van der Waals surface area (Å²) >= 11 is 0. The molecule has 2 nitrogen and oxygen atoms in total. The van der Waals surface area contributed by atoms with Crippen molar-refractivity contribution in [3.63, 3.8) is 0 Å². The molecule has 2 N–H and O–H groups in total. The van der Waals surface area contributed by atoms with Crippen molar-refractivity contribution in [2.75, 3.05) is 5.73 Å². The number of anilines is 1. The summed E-state index contributed by atoms with van der Waals surface area (Å²) in [5, 5.41) is 0. The van der Waals surface area contributed by atoms with Crippen molar-refractivity contribution < 1.29 is 9.18 Å². The summed E-state index contributed by atoms with van der Waals surface area (Å²) in [4.78, 5) is 12.4. The lowest BCUT2D eigenvalue weighted by Gasteiger charge is -2.14. The molecule has 3 heteroatoms. The van der Waals surface area contributed by atoms with E-state index in [1.807, 2.05) is 37.3 Å². The predicted octanol–water partition coefficient (Wildman–Crippen LogP) is 3.78. The minimum atomic E-state index is -0.547. The molecule has 0 amide bonds. The van der Waals surface area contributed by atoms with Crippen LogP contribution in [0.4, 0.5) is 10.1 Å². The van der Waals surface area contributed by atoms with Gasteiger partial charge in [-0.3, -0.25) is 4.79 Å². The summed E-state index contributed by atoms with van der Waals surface area (Å²) in [5.41, 5.74) is 6.80. The molecule has 0 aliphatic carbocycles. The van der Waals surface area contributed by atoms with Crippen molar-refractivity contribution in [2.24, 2.45) is 0 Å². The Morgan fingerprint density at radius 3 is 2.47 bits per heavy atom. The first kappa shape index (κ1) is 13.3. The van der Waals surface area contributed by atoms with Gasteiger partial charge in [-0.15, -0.1) is 0 Å². The fourth-order valence-corrected chi connectivity index (χ4v) is 2.14. The van der Waals surface area contributed by atoms with Gasteiger partial charge >= 0.3 is 0 Å². The molecule has 0 aromatic heterocycles. The van der Waals surface area contributed by atoms with Crippen molar-refractivity contribution >= 4 is 11.5 Å². The molecule has 0 heterocycles. The standard InChI is InChI=1S/C16H16FNO/c1-2-13(11-6-4-3-5-7-11)16(19)12-8-9-15(18)14(17)10-12/h3-10,13H,2,18H2,1H3. The first-order chi connectivity index (χ1) is 9.13. The van der Waals surface area contributed by atoms with E-state index in [-0.39, 0.29) is 17.4 Å². The zero-order valence-corrected chi connectivity index (χ0v) is 10.8. The highest BCUT2D eigenvalue weighted by molar-refractivity contribution is 6.01. The Labute approximate surface area is 112 Å². The van der Waals surface area contributed by atoms with Crippen LogP contribution >= 0.6 is 0 Å². The zero-order chi connectivity index (χ0) is 13.8. The highest BCUT2D eigenvalue weighted by Gasteiger charge is 2.20. The molecule has 0 bridgehead atoms. The van der Waals surface area contributed by atoms with E-state index in [1.165, 1.54) is 12.1 Å². The van der Waals surface area contributed by atoms with Crippen LogP contribution < -0.4 is 5.73 Å². The number of hydrogen-bond acceptors (Lipinski definition) is 2. The van der Waals surface area contributed by atoms with Crippen LogP contribution in [0.2, 0.25) is 0 Å². The topological polar surface area (TPSA) is 43.1 Å². The number of rotatable bonds is 4. The second kappa shape index (κ2) is 5.65. The molecule has 19 heavy (non-hydrogen) atoms. The molecular weight excluding hydrogens is 241 g/mol. The number of hydrogen-bond donors (Lipinski definition) is 1. The third-order valence-electron chi connectivity index (χ3n) is 3.21. The largest absolute Gasteiger partial charge is 0.396 e. The number of carbonyl (C=O) groups excluding carboxylic acids is 1. The fraction of sp³-hybridized carbons (Fsp3) is 0.188. The minimum Gasteiger partial charge on any atom is -0.396 e. The van der Waals surface area contributed by atoms with Gasteiger partial charge in [-0.05, 0) is 30.2 Å². The zero-order valence-electron chi connectivity index (χ0n) is 10.8. The smallest absolute Gasteiger partial charge is 0.170 e. The molecule has 1 unspecified atom stereocenters. The molecule has 0 fully saturated rings. The Kier molecular flexibility index (Phi) is 3.95. The van der Waals surface area contributed by atoms with Gasteiger partial charge in [-0.2, -0.15) is 0 Å². The maximum absolute atomic E-state index is 13.4. The lowest BCUT2D eigenvalue weighted by atomic mass is 9.88. The Bertz CT molecular complexity index is 581. The Balaban J connectivity index is 2.33. The summed E-state index contributed by atoms with van der Waals surface area (Å²) < 4.78 is 13.4. The third kappa shape index (κ3) is 2.81. The van der Waals surface area contributed by atoms with E-state index < -0.39 is 5.82 Å². The lowest BCUT2D eigenvalue weighted by Crippen LogP contribution is -2.12. The van der Waals surface area contributed by atoms with Gasteiger partial charge in [0.05, 0.1) is 5.69 Å². The first-order valence-electron chi connectivity index (χ1n) is 6.27. The van der Waals surface area contributed by atoms with Crippen LogP contribution in [-0.2, 0) is 0 Å². The second-order valence-corrected chi connectivity index (χ2v) is 4.47. The summed E-state index contributed by atoms with van der Waals surface area (Å²) in [6.07, 6.45) is 0.675. The molecule has 98 valence electrons. The summed E-state index contributed by atoms with van der Waals surface area (Å²) in [6, 6.07) is 13.8. The predicted molar refractivity (Wildman–Crippen MR) is 74.6 cm³/mol. The number of ketones is 1. The lowest BCUT2D eigenvalue weighted by molar-refractivity contribution is 0.0957. The van der Waals surface area contributed by atoms with E-state index in [4.69, 9.17) is 5.73 Å². The van der Waals surface area contributed by atoms with Crippen LogP contribution in [0.5, 0.6) is 0 Å². The average molecular weight is 257 g/mol. The monoisotopic (exact) mass is 257 g/mol. The van der Waals surface area contributed by atoms with E-state index >= 15 is 0 Å². The second-order valence-electron chi connectivity index (χ2n) is 4.47. The van der Waals surface area contributed by atoms with E-state index in [0.29, 0.717) is 12.0 Å². The van der Waals surface area contributed by atoms with E-state index in [9.17, 15) is 9.18 Å².